The number of rotatable bonds is 8. The standard InChI is InChI=1S/C27H27N3O4/c1-4-33-23-16-15-19(17-24(23)34-5-2)18(3)28-26(31)25-21-13-9-10-14-22(21)27(32)30(29-25)20-11-7-6-8-12-20/h6-18H,4-5H2,1-3H3,(H,28,31). The molecule has 0 saturated carbocycles. The molecule has 1 aromatic heterocycles. The van der Waals surface area contributed by atoms with E-state index in [2.05, 4.69) is 10.4 Å². The van der Waals surface area contributed by atoms with E-state index >= 15 is 0 Å². The summed E-state index contributed by atoms with van der Waals surface area (Å²) in [6.07, 6.45) is 0. The first-order valence-corrected chi connectivity index (χ1v) is 11.3. The summed E-state index contributed by atoms with van der Waals surface area (Å²) in [5.41, 5.74) is 1.36. The Hall–Kier alpha value is -4.13. The Bertz CT molecular complexity index is 1370. The van der Waals surface area contributed by atoms with E-state index < -0.39 is 0 Å². The van der Waals surface area contributed by atoms with E-state index in [0.29, 0.717) is 41.2 Å². The fraction of sp³-hybridized carbons (Fsp3) is 0.222. The lowest BCUT2D eigenvalue weighted by Crippen LogP contribution is -2.31. The SMILES string of the molecule is CCOc1ccc(C(C)NC(=O)c2nn(-c3ccccc3)c(=O)c3ccccc23)cc1OCC. The minimum Gasteiger partial charge on any atom is -0.490 e. The van der Waals surface area contributed by atoms with Crippen molar-refractivity contribution in [3.63, 3.8) is 0 Å². The maximum Gasteiger partial charge on any atom is 0.279 e. The van der Waals surface area contributed by atoms with Crippen LogP contribution in [0.3, 0.4) is 0 Å². The molecule has 0 radical (unpaired) electrons. The molecular weight excluding hydrogens is 430 g/mol. The van der Waals surface area contributed by atoms with Crippen LogP contribution in [0, 0.1) is 0 Å². The highest BCUT2D eigenvalue weighted by Gasteiger charge is 2.20. The van der Waals surface area contributed by atoms with Crippen molar-refractivity contribution in [3.05, 3.63) is 94.4 Å². The number of nitrogens with one attached hydrogen (secondary N) is 1. The zero-order valence-corrected chi connectivity index (χ0v) is 19.4. The number of amides is 1. The minimum atomic E-state index is -0.375. The summed E-state index contributed by atoms with van der Waals surface area (Å²) < 4.78 is 12.6. The van der Waals surface area contributed by atoms with Crippen molar-refractivity contribution in [2.24, 2.45) is 0 Å². The first-order chi connectivity index (χ1) is 16.5. The van der Waals surface area contributed by atoms with Gasteiger partial charge in [0.05, 0.1) is 30.3 Å². The minimum absolute atomic E-state index is 0.182. The first-order valence-electron chi connectivity index (χ1n) is 11.3. The number of aromatic nitrogens is 2. The number of fused-ring (bicyclic) bond motifs is 1. The molecule has 0 bridgehead atoms. The fourth-order valence-corrected chi connectivity index (χ4v) is 3.79. The summed E-state index contributed by atoms with van der Waals surface area (Å²) in [4.78, 5) is 26.4. The lowest BCUT2D eigenvalue weighted by molar-refractivity contribution is 0.0935. The number of para-hydroxylation sites is 1. The molecule has 0 aliphatic heterocycles. The van der Waals surface area contributed by atoms with Gasteiger partial charge in [-0.05, 0) is 56.7 Å². The third kappa shape index (κ3) is 4.64. The monoisotopic (exact) mass is 457 g/mol. The van der Waals surface area contributed by atoms with E-state index in [-0.39, 0.29) is 23.2 Å². The van der Waals surface area contributed by atoms with E-state index in [4.69, 9.17) is 9.47 Å². The Labute approximate surface area is 197 Å². The summed E-state index contributed by atoms with van der Waals surface area (Å²) in [7, 11) is 0. The van der Waals surface area contributed by atoms with Gasteiger partial charge in [-0.25, -0.2) is 0 Å². The van der Waals surface area contributed by atoms with Crippen molar-refractivity contribution in [1.82, 2.24) is 15.1 Å². The van der Waals surface area contributed by atoms with Crippen LogP contribution in [0.25, 0.3) is 16.5 Å². The van der Waals surface area contributed by atoms with Gasteiger partial charge in [0.1, 0.15) is 0 Å². The van der Waals surface area contributed by atoms with Crippen molar-refractivity contribution in [3.8, 4) is 17.2 Å². The first kappa shape index (κ1) is 23.0. The average molecular weight is 458 g/mol. The molecular formula is C27H27N3O4. The molecule has 1 unspecified atom stereocenters. The zero-order valence-electron chi connectivity index (χ0n) is 19.4. The van der Waals surface area contributed by atoms with Crippen LogP contribution in [0.1, 0.15) is 42.9 Å². The number of hydrogen-bond acceptors (Lipinski definition) is 5. The molecule has 4 rings (SSSR count). The molecule has 1 atom stereocenters. The molecule has 0 fully saturated rings. The summed E-state index contributed by atoms with van der Waals surface area (Å²) in [6, 6.07) is 21.4. The highest BCUT2D eigenvalue weighted by Crippen LogP contribution is 2.31. The summed E-state index contributed by atoms with van der Waals surface area (Å²) in [5, 5.41) is 8.40. The van der Waals surface area contributed by atoms with E-state index in [1.807, 2.05) is 57.2 Å². The van der Waals surface area contributed by atoms with E-state index in [9.17, 15) is 9.59 Å². The number of carbonyl (C=O) groups excluding carboxylic acids is 1. The Kier molecular flexibility index (Phi) is 6.92. The number of ether oxygens (including phenoxy) is 2. The molecule has 174 valence electrons. The average Bonchev–Trinajstić information content (AvgIpc) is 2.86. The Balaban J connectivity index is 1.70. The molecule has 0 aliphatic rings. The molecule has 4 aromatic rings. The van der Waals surface area contributed by atoms with Gasteiger partial charge in [0.2, 0.25) is 0 Å². The number of benzene rings is 3. The van der Waals surface area contributed by atoms with Crippen molar-refractivity contribution >= 4 is 16.7 Å². The summed E-state index contributed by atoms with van der Waals surface area (Å²) in [6.45, 7) is 6.74. The van der Waals surface area contributed by atoms with Gasteiger partial charge < -0.3 is 14.8 Å². The molecule has 1 heterocycles. The molecule has 7 nitrogen and oxygen atoms in total. The van der Waals surface area contributed by atoms with Gasteiger partial charge in [-0.3, -0.25) is 9.59 Å². The Morgan fingerprint density at radius 3 is 2.26 bits per heavy atom. The second kappa shape index (κ2) is 10.2. The van der Waals surface area contributed by atoms with Crippen molar-refractivity contribution < 1.29 is 14.3 Å². The predicted molar refractivity (Wildman–Crippen MR) is 132 cm³/mol. The van der Waals surface area contributed by atoms with Crippen molar-refractivity contribution in [2.45, 2.75) is 26.8 Å². The number of carbonyl (C=O) groups is 1. The van der Waals surface area contributed by atoms with Gasteiger partial charge in [-0.15, -0.1) is 0 Å². The molecule has 3 aromatic carbocycles. The van der Waals surface area contributed by atoms with Crippen LogP contribution in [0.2, 0.25) is 0 Å². The molecule has 0 spiro atoms. The van der Waals surface area contributed by atoms with Gasteiger partial charge in [0.15, 0.2) is 17.2 Å². The molecule has 7 heteroatoms. The summed E-state index contributed by atoms with van der Waals surface area (Å²) >= 11 is 0. The second-order valence-corrected chi connectivity index (χ2v) is 7.71. The predicted octanol–water partition coefficient (Wildman–Crippen LogP) is 4.67. The lowest BCUT2D eigenvalue weighted by atomic mass is 10.1. The topological polar surface area (TPSA) is 82.5 Å². The van der Waals surface area contributed by atoms with E-state index in [1.165, 1.54) is 4.68 Å². The van der Waals surface area contributed by atoms with Crippen LogP contribution in [0.5, 0.6) is 11.5 Å². The van der Waals surface area contributed by atoms with Gasteiger partial charge in [0, 0.05) is 5.39 Å². The smallest absolute Gasteiger partial charge is 0.279 e. The molecule has 1 amide bonds. The largest absolute Gasteiger partial charge is 0.490 e. The van der Waals surface area contributed by atoms with Crippen LogP contribution in [0.15, 0.2) is 77.6 Å². The third-order valence-corrected chi connectivity index (χ3v) is 5.44. The second-order valence-electron chi connectivity index (χ2n) is 7.71. The molecule has 34 heavy (non-hydrogen) atoms. The highest BCUT2D eigenvalue weighted by atomic mass is 16.5. The maximum atomic E-state index is 13.4. The van der Waals surface area contributed by atoms with Gasteiger partial charge in [-0.1, -0.05) is 42.5 Å². The van der Waals surface area contributed by atoms with E-state index in [0.717, 1.165) is 5.56 Å². The Morgan fingerprint density at radius 1 is 0.912 bits per heavy atom. The van der Waals surface area contributed by atoms with Crippen LogP contribution in [0.4, 0.5) is 0 Å². The quantitative estimate of drug-likeness (QED) is 0.416. The maximum absolute atomic E-state index is 13.4. The van der Waals surface area contributed by atoms with Crippen LogP contribution in [-0.4, -0.2) is 28.9 Å². The van der Waals surface area contributed by atoms with Crippen LogP contribution in [-0.2, 0) is 0 Å². The van der Waals surface area contributed by atoms with Crippen LogP contribution >= 0.6 is 0 Å². The highest BCUT2D eigenvalue weighted by molar-refractivity contribution is 6.05. The normalized spacial score (nSPS) is 11.7. The molecule has 0 aliphatic carbocycles. The van der Waals surface area contributed by atoms with Crippen molar-refractivity contribution in [1.29, 1.82) is 0 Å². The third-order valence-electron chi connectivity index (χ3n) is 5.44. The summed E-state index contributed by atoms with van der Waals surface area (Å²) in [5.74, 6) is 0.915. The van der Waals surface area contributed by atoms with Crippen molar-refractivity contribution in [2.75, 3.05) is 13.2 Å². The number of nitrogens with zero attached hydrogens (tertiary/aromatic N) is 2. The van der Waals surface area contributed by atoms with E-state index in [1.54, 1.807) is 36.4 Å². The van der Waals surface area contributed by atoms with Crippen LogP contribution < -0.4 is 20.3 Å². The number of hydrogen-bond donors (Lipinski definition) is 1. The van der Waals surface area contributed by atoms with Gasteiger partial charge >= 0.3 is 0 Å². The molecule has 0 saturated heterocycles. The van der Waals surface area contributed by atoms with Gasteiger partial charge in [-0.2, -0.15) is 9.78 Å². The lowest BCUT2D eigenvalue weighted by Gasteiger charge is -2.18. The Morgan fingerprint density at radius 2 is 1.56 bits per heavy atom. The fourth-order valence-electron chi connectivity index (χ4n) is 3.79. The molecule has 1 N–H and O–H groups in total. The van der Waals surface area contributed by atoms with Gasteiger partial charge in [0.25, 0.3) is 11.5 Å². The zero-order chi connectivity index (χ0) is 24.1.